The summed E-state index contributed by atoms with van der Waals surface area (Å²) < 4.78 is 5.60. The molecule has 2 N–H and O–H groups in total. The average Bonchev–Trinajstić information content (AvgIpc) is 2.74. The minimum Gasteiger partial charge on any atom is -0.389 e. The monoisotopic (exact) mass is 231 g/mol. The van der Waals surface area contributed by atoms with Crippen molar-refractivity contribution in [2.45, 2.75) is 51.7 Å². The summed E-state index contributed by atoms with van der Waals surface area (Å²) in [5.41, 5.74) is 2.76. The van der Waals surface area contributed by atoms with E-state index in [2.05, 4.69) is 19.3 Å². The van der Waals surface area contributed by atoms with Gasteiger partial charge in [0.05, 0.1) is 25.4 Å². The zero-order chi connectivity index (χ0) is 11.8. The number of ether oxygens (including phenoxy) is 1. The van der Waals surface area contributed by atoms with E-state index in [0.717, 1.165) is 12.8 Å². The van der Waals surface area contributed by atoms with E-state index in [4.69, 9.17) is 9.57 Å². The molecule has 1 aliphatic rings. The van der Waals surface area contributed by atoms with Crippen molar-refractivity contribution in [1.29, 1.82) is 0 Å². The van der Waals surface area contributed by atoms with E-state index in [-0.39, 0.29) is 0 Å². The fourth-order valence-corrected chi connectivity index (χ4v) is 1.74. The maximum absolute atomic E-state index is 9.61. The number of hydrogen-bond acceptors (Lipinski definition) is 4. The zero-order valence-electron chi connectivity index (χ0n) is 10.4. The Hall–Kier alpha value is -0.160. The molecule has 1 rings (SSSR count). The highest BCUT2D eigenvalue weighted by Crippen LogP contribution is 2.20. The fourth-order valence-electron chi connectivity index (χ4n) is 1.74. The van der Waals surface area contributed by atoms with Crippen LogP contribution < -0.4 is 5.48 Å². The molecule has 1 unspecified atom stereocenters. The summed E-state index contributed by atoms with van der Waals surface area (Å²) in [6.45, 7) is 5.67. The number of aliphatic hydroxyl groups excluding tert-OH is 1. The largest absolute Gasteiger partial charge is 0.389 e. The van der Waals surface area contributed by atoms with Crippen molar-refractivity contribution in [3.8, 4) is 0 Å². The van der Waals surface area contributed by atoms with Gasteiger partial charge in [-0.2, -0.15) is 5.48 Å². The molecule has 4 heteroatoms. The maximum Gasteiger partial charge on any atom is 0.0921 e. The lowest BCUT2D eigenvalue weighted by atomic mass is 10.2. The third-order valence-electron chi connectivity index (χ3n) is 2.66. The van der Waals surface area contributed by atoms with Crippen LogP contribution in [0.5, 0.6) is 0 Å². The molecule has 4 nitrogen and oxygen atoms in total. The summed E-state index contributed by atoms with van der Waals surface area (Å²) in [6.07, 6.45) is 4.69. The Kier molecular flexibility index (Phi) is 6.96. The van der Waals surface area contributed by atoms with Gasteiger partial charge < -0.3 is 14.7 Å². The molecule has 0 aromatic heterocycles. The number of hydrogen-bond donors (Lipinski definition) is 2. The molecule has 0 amide bonds. The molecule has 1 saturated carbocycles. The van der Waals surface area contributed by atoms with Gasteiger partial charge >= 0.3 is 0 Å². The molecular weight excluding hydrogens is 206 g/mol. The van der Waals surface area contributed by atoms with Crippen molar-refractivity contribution in [3.05, 3.63) is 0 Å². The van der Waals surface area contributed by atoms with Crippen LogP contribution in [-0.2, 0) is 9.57 Å². The molecule has 1 aliphatic carbocycles. The van der Waals surface area contributed by atoms with Gasteiger partial charge in [0.15, 0.2) is 0 Å². The van der Waals surface area contributed by atoms with Crippen LogP contribution in [0.2, 0.25) is 0 Å². The quantitative estimate of drug-likeness (QED) is 0.491. The highest BCUT2D eigenvalue weighted by Gasteiger charge is 2.16. The Morgan fingerprint density at radius 3 is 2.56 bits per heavy atom. The van der Waals surface area contributed by atoms with E-state index < -0.39 is 6.10 Å². The number of aliphatic hydroxyl groups is 1. The van der Waals surface area contributed by atoms with Crippen LogP contribution >= 0.6 is 0 Å². The molecular formula is C12H25NO3. The molecule has 0 aromatic rings. The molecule has 1 fully saturated rings. The number of nitrogens with one attached hydrogen (secondary N) is 1. The maximum atomic E-state index is 9.61. The van der Waals surface area contributed by atoms with Crippen LogP contribution in [0.4, 0.5) is 0 Å². The first-order chi connectivity index (χ1) is 7.68. The average molecular weight is 231 g/mol. The Balaban J connectivity index is 1.91. The van der Waals surface area contributed by atoms with Crippen LogP contribution in [0.25, 0.3) is 0 Å². The van der Waals surface area contributed by atoms with Gasteiger partial charge in [-0.3, -0.25) is 0 Å². The fraction of sp³-hybridized carbons (Fsp3) is 1.00. The van der Waals surface area contributed by atoms with Crippen LogP contribution in [0.3, 0.4) is 0 Å². The molecule has 0 radical (unpaired) electrons. The predicted molar refractivity (Wildman–Crippen MR) is 63.0 cm³/mol. The Morgan fingerprint density at radius 1 is 1.25 bits per heavy atom. The van der Waals surface area contributed by atoms with Gasteiger partial charge in [0.2, 0.25) is 0 Å². The zero-order valence-corrected chi connectivity index (χ0v) is 10.4. The molecule has 0 spiro atoms. The van der Waals surface area contributed by atoms with Gasteiger partial charge in [-0.1, -0.05) is 26.7 Å². The Bertz CT molecular complexity index is 170. The molecule has 0 saturated heterocycles. The van der Waals surface area contributed by atoms with Crippen LogP contribution in [0.1, 0.15) is 39.5 Å². The second kappa shape index (κ2) is 8.01. The van der Waals surface area contributed by atoms with E-state index >= 15 is 0 Å². The predicted octanol–water partition coefficient (Wildman–Crippen LogP) is 1.48. The minimum atomic E-state index is -0.479. The molecule has 1 atom stereocenters. The van der Waals surface area contributed by atoms with Gasteiger partial charge in [0.25, 0.3) is 0 Å². The molecule has 0 aliphatic heterocycles. The molecule has 0 aromatic carbocycles. The standard InChI is InChI=1S/C12H25NO3/c1-10(2)8-16-13-7-11(14)9-15-12-5-3-4-6-12/h10-14H,3-9H2,1-2H3. The summed E-state index contributed by atoms with van der Waals surface area (Å²) in [5.74, 6) is 0.499. The number of hydroxylamine groups is 1. The Labute approximate surface area is 98.3 Å². The topological polar surface area (TPSA) is 50.7 Å². The third kappa shape index (κ3) is 6.43. The van der Waals surface area contributed by atoms with Crippen molar-refractivity contribution in [2.24, 2.45) is 5.92 Å². The first-order valence-electron chi connectivity index (χ1n) is 6.32. The highest BCUT2D eigenvalue weighted by molar-refractivity contribution is 4.67. The summed E-state index contributed by atoms with van der Waals surface area (Å²) >= 11 is 0. The second-order valence-corrected chi connectivity index (χ2v) is 4.95. The van der Waals surface area contributed by atoms with Crippen LogP contribution in [-0.4, -0.2) is 37.1 Å². The van der Waals surface area contributed by atoms with Gasteiger partial charge in [0.1, 0.15) is 0 Å². The summed E-state index contributed by atoms with van der Waals surface area (Å²) in [4.78, 5) is 5.17. The smallest absolute Gasteiger partial charge is 0.0921 e. The van der Waals surface area contributed by atoms with E-state index in [1.165, 1.54) is 12.8 Å². The molecule has 0 bridgehead atoms. The minimum absolute atomic E-state index is 0.367. The van der Waals surface area contributed by atoms with Crippen molar-refractivity contribution in [1.82, 2.24) is 5.48 Å². The van der Waals surface area contributed by atoms with Crippen molar-refractivity contribution in [3.63, 3.8) is 0 Å². The molecule has 0 heterocycles. The molecule has 16 heavy (non-hydrogen) atoms. The highest BCUT2D eigenvalue weighted by atomic mass is 16.6. The normalized spacial score (nSPS) is 19.5. The van der Waals surface area contributed by atoms with Crippen molar-refractivity contribution >= 4 is 0 Å². The lowest BCUT2D eigenvalue weighted by molar-refractivity contribution is -0.0389. The van der Waals surface area contributed by atoms with Gasteiger partial charge in [-0.15, -0.1) is 0 Å². The van der Waals surface area contributed by atoms with E-state index in [0.29, 0.717) is 31.8 Å². The van der Waals surface area contributed by atoms with Gasteiger partial charge in [-0.05, 0) is 18.8 Å². The molecule has 96 valence electrons. The van der Waals surface area contributed by atoms with Gasteiger partial charge in [0, 0.05) is 6.54 Å². The van der Waals surface area contributed by atoms with E-state index in [1.807, 2.05) is 0 Å². The Morgan fingerprint density at radius 2 is 1.94 bits per heavy atom. The summed E-state index contributed by atoms with van der Waals surface area (Å²) in [7, 11) is 0. The van der Waals surface area contributed by atoms with E-state index in [1.54, 1.807) is 0 Å². The SMILES string of the molecule is CC(C)CONCC(O)COC1CCCC1. The second-order valence-electron chi connectivity index (χ2n) is 4.95. The van der Waals surface area contributed by atoms with Crippen molar-refractivity contribution in [2.75, 3.05) is 19.8 Å². The number of rotatable bonds is 8. The van der Waals surface area contributed by atoms with E-state index in [9.17, 15) is 5.11 Å². The summed E-state index contributed by atoms with van der Waals surface area (Å²) in [6, 6.07) is 0. The van der Waals surface area contributed by atoms with Crippen LogP contribution in [0.15, 0.2) is 0 Å². The first-order valence-corrected chi connectivity index (χ1v) is 6.32. The van der Waals surface area contributed by atoms with Crippen LogP contribution in [0, 0.1) is 5.92 Å². The lowest BCUT2D eigenvalue weighted by Gasteiger charge is -2.16. The third-order valence-corrected chi connectivity index (χ3v) is 2.66. The summed E-state index contributed by atoms with van der Waals surface area (Å²) in [5, 5.41) is 9.61. The van der Waals surface area contributed by atoms with Gasteiger partial charge in [-0.25, -0.2) is 0 Å². The first kappa shape index (κ1) is 13.9. The lowest BCUT2D eigenvalue weighted by Crippen LogP contribution is -2.32. The van der Waals surface area contributed by atoms with Crippen molar-refractivity contribution < 1.29 is 14.7 Å².